The van der Waals surface area contributed by atoms with E-state index in [1.165, 1.54) is 30.5 Å². The van der Waals surface area contributed by atoms with Crippen LogP contribution in [0, 0.1) is 5.82 Å². The number of hydrogen-bond acceptors (Lipinski definition) is 3. The van der Waals surface area contributed by atoms with Crippen LogP contribution in [0.3, 0.4) is 0 Å². The molecule has 0 fully saturated rings. The molecule has 3 rings (SSSR count). The lowest BCUT2D eigenvalue weighted by Gasteiger charge is -2.08. The Bertz CT molecular complexity index is 909. The molecule has 2 amide bonds. The third kappa shape index (κ3) is 4.13. The van der Waals surface area contributed by atoms with Crippen molar-refractivity contribution in [2.45, 2.75) is 0 Å². The fourth-order valence-corrected chi connectivity index (χ4v) is 2.42. The van der Waals surface area contributed by atoms with Gasteiger partial charge in [0.25, 0.3) is 11.8 Å². The van der Waals surface area contributed by atoms with Crippen LogP contribution in [0.4, 0.5) is 15.8 Å². The lowest BCUT2D eigenvalue weighted by molar-refractivity contribution is 0.0995. The van der Waals surface area contributed by atoms with E-state index >= 15 is 0 Å². The first-order valence-electron chi connectivity index (χ1n) is 7.24. The summed E-state index contributed by atoms with van der Waals surface area (Å²) in [7, 11) is 0. The van der Waals surface area contributed by atoms with Crippen molar-refractivity contribution in [2.24, 2.45) is 0 Å². The summed E-state index contributed by atoms with van der Waals surface area (Å²) in [4.78, 5) is 24.1. The Hall–Kier alpha value is -2.93. The van der Waals surface area contributed by atoms with Crippen LogP contribution in [0.1, 0.15) is 20.9 Å². The Kier molecular flexibility index (Phi) is 4.95. The maximum absolute atomic E-state index is 13.8. The average molecular weight is 403 g/mol. The van der Waals surface area contributed by atoms with Gasteiger partial charge in [0.1, 0.15) is 5.82 Å². The molecule has 1 heterocycles. The lowest BCUT2D eigenvalue weighted by atomic mass is 10.2. The molecule has 0 aliphatic rings. The molecule has 0 unspecified atom stereocenters. The van der Waals surface area contributed by atoms with Crippen molar-refractivity contribution < 1.29 is 18.4 Å². The molecule has 7 heteroatoms. The number of nitrogens with one attached hydrogen (secondary N) is 2. The maximum Gasteiger partial charge on any atom is 0.291 e. The van der Waals surface area contributed by atoms with E-state index in [9.17, 15) is 14.0 Å². The summed E-state index contributed by atoms with van der Waals surface area (Å²) in [5.74, 6) is -1.19. The molecule has 3 aromatic rings. The highest BCUT2D eigenvalue weighted by molar-refractivity contribution is 9.10. The van der Waals surface area contributed by atoms with Crippen LogP contribution in [-0.2, 0) is 0 Å². The minimum absolute atomic E-state index is 0.0865. The minimum Gasteiger partial charge on any atom is -0.459 e. The van der Waals surface area contributed by atoms with E-state index in [2.05, 4.69) is 26.6 Å². The van der Waals surface area contributed by atoms with Gasteiger partial charge in [0.05, 0.1) is 12.0 Å². The van der Waals surface area contributed by atoms with Gasteiger partial charge in [-0.2, -0.15) is 0 Å². The predicted molar refractivity (Wildman–Crippen MR) is 95.2 cm³/mol. The van der Waals surface area contributed by atoms with E-state index in [1.807, 2.05) is 0 Å². The molecule has 0 atom stereocenters. The molecule has 0 saturated heterocycles. The Morgan fingerprint density at radius 3 is 2.36 bits per heavy atom. The molecule has 2 aromatic carbocycles. The molecule has 5 nitrogen and oxygen atoms in total. The zero-order valence-corrected chi connectivity index (χ0v) is 14.3. The lowest BCUT2D eigenvalue weighted by Crippen LogP contribution is -2.14. The van der Waals surface area contributed by atoms with Gasteiger partial charge in [-0.1, -0.05) is 15.9 Å². The molecule has 25 heavy (non-hydrogen) atoms. The van der Waals surface area contributed by atoms with Gasteiger partial charge in [0.2, 0.25) is 0 Å². The van der Waals surface area contributed by atoms with Crippen molar-refractivity contribution in [1.82, 2.24) is 0 Å². The summed E-state index contributed by atoms with van der Waals surface area (Å²) >= 11 is 3.16. The summed E-state index contributed by atoms with van der Waals surface area (Å²) in [6.07, 6.45) is 1.41. The highest BCUT2D eigenvalue weighted by Gasteiger charge is 2.11. The van der Waals surface area contributed by atoms with E-state index in [0.29, 0.717) is 15.7 Å². The number of carbonyl (C=O) groups excluding carboxylic acids is 2. The number of amides is 2. The Labute approximate surface area is 151 Å². The van der Waals surface area contributed by atoms with Crippen LogP contribution < -0.4 is 10.6 Å². The largest absolute Gasteiger partial charge is 0.459 e. The summed E-state index contributed by atoms with van der Waals surface area (Å²) in [5.41, 5.74) is 0.925. The molecule has 0 bridgehead atoms. The van der Waals surface area contributed by atoms with Gasteiger partial charge in [0.15, 0.2) is 5.76 Å². The smallest absolute Gasteiger partial charge is 0.291 e. The first-order valence-corrected chi connectivity index (χ1v) is 8.03. The van der Waals surface area contributed by atoms with E-state index in [4.69, 9.17) is 4.42 Å². The Morgan fingerprint density at radius 2 is 1.72 bits per heavy atom. The first kappa shape index (κ1) is 16.9. The molecule has 126 valence electrons. The minimum atomic E-state index is -0.537. The SMILES string of the molecule is O=C(Nc1ccc(Br)cc1F)c1ccc(NC(=O)c2ccco2)cc1. The number of benzene rings is 2. The van der Waals surface area contributed by atoms with E-state index in [0.717, 1.165) is 0 Å². The van der Waals surface area contributed by atoms with Crippen molar-refractivity contribution >= 4 is 39.1 Å². The standard InChI is InChI=1S/C18H12BrFN2O3/c19-12-5-8-15(14(20)10-12)22-17(23)11-3-6-13(7-4-11)21-18(24)16-2-1-9-25-16/h1-10H,(H,21,24)(H,22,23). The van der Waals surface area contributed by atoms with Crippen LogP contribution >= 0.6 is 15.9 Å². The summed E-state index contributed by atoms with van der Waals surface area (Å²) in [5, 5.41) is 5.15. The Balaban J connectivity index is 1.67. The summed E-state index contributed by atoms with van der Waals surface area (Å²) in [6.45, 7) is 0. The molecule has 0 aliphatic carbocycles. The van der Waals surface area contributed by atoms with Gasteiger partial charge >= 0.3 is 0 Å². The van der Waals surface area contributed by atoms with E-state index in [-0.39, 0.29) is 17.4 Å². The highest BCUT2D eigenvalue weighted by Crippen LogP contribution is 2.20. The van der Waals surface area contributed by atoms with Gasteiger partial charge in [-0.15, -0.1) is 0 Å². The highest BCUT2D eigenvalue weighted by atomic mass is 79.9. The van der Waals surface area contributed by atoms with Crippen LogP contribution in [0.25, 0.3) is 0 Å². The fourth-order valence-electron chi connectivity index (χ4n) is 2.09. The topological polar surface area (TPSA) is 71.3 Å². The van der Waals surface area contributed by atoms with Crippen molar-refractivity contribution in [3.05, 3.63) is 82.5 Å². The quantitative estimate of drug-likeness (QED) is 0.664. The zero-order valence-electron chi connectivity index (χ0n) is 12.8. The molecule has 0 radical (unpaired) electrons. The third-order valence-electron chi connectivity index (χ3n) is 3.33. The van der Waals surface area contributed by atoms with Crippen molar-refractivity contribution in [3.8, 4) is 0 Å². The predicted octanol–water partition coefficient (Wildman–Crippen LogP) is 4.69. The normalized spacial score (nSPS) is 10.3. The van der Waals surface area contributed by atoms with Gasteiger partial charge in [-0.05, 0) is 54.6 Å². The van der Waals surface area contributed by atoms with Gasteiger partial charge < -0.3 is 15.1 Å². The molecule has 0 spiro atoms. The molecule has 1 aromatic heterocycles. The van der Waals surface area contributed by atoms with Crippen LogP contribution in [0.2, 0.25) is 0 Å². The van der Waals surface area contributed by atoms with E-state index < -0.39 is 11.7 Å². The maximum atomic E-state index is 13.8. The molecule has 0 aliphatic heterocycles. The second-order valence-electron chi connectivity index (χ2n) is 5.09. The molecular formula is C18H12BrFN2O3. The number of rotatable bonds is 4. The number of furan rings is 1. The van der Waals surface area contributed by atoms with E-state index in [1.54, 1.807) is 30.3 Å². The molecular weight excluding hydrogens is 391 g/mol. The Morgan fingerprint density at radius 1 is 0.960 bits per heavy atom. The second kappa shape index (κ2) is 7.31. The monoisotopic (exact) mass is 402 g/mol. The number of carbonyl (C=O) groups is 2. The summed E-state index contributed by atoms with van der Waals surface area (Å²) < 4.78 is 19.4. The van der Waals surface area contributed by atoms with Gasteiger partial charge in [-0.3, -0.25) is 9.59 Å². The number of hydrogen-bond donors (Lipinski definition) is 2. The van der Waals surface area contributed by atoms with Gasteiger partial charge in [-0.25, -0.2) is 4.39 Å². The second-order valence-corrected chi connectivity index (χ2v) is 6.00. The third-order valence-corrected chi connectivity index (χ3v) is 3.82. The van der Waals surface area contributed by atoms with Crippen molar-refractivity contribution in [3.63, 3.8) is 0 Å². The zero-order chi connectivity index (χ0) is 17.8. The average Bonchev–Trinajstić information content (AvgIpc) is 3.13. The fraction of sp³-hybridized carbons (Fsp3) is 0. The summed E-state index contributed by atoms with van der Waals surface area (Å²) in [6, 6.07) is 13.7. The van der Waals surface area contributed by atoms with Crippen molar-refractivity contribution in [1.29, 1.82) is 0 Å². The number of anilines is 2. The van der Waals surface area contributed by atoms with Crippen molar-refractivity contribution in [2.75, 3.05) is 10.6 Å². The van der Waals surface area contributed by atoms with Crippen LogP contribution in [0.15, 0.2) is 69.8 Å². The van der Waals surface area contributed by atoms with Crippen LogP contribution in [0.5, 0.6) is 0 Å². The first-order chi connectivity index (χ1) is 12.0. The number of halogens is 2. The van der Waals surface area contributed by atoms with Gasteiger partial charge in [0, 0.05) is 15.7 Å². The molecule has 2 N–H and O–H groups in total. The van der Waals surface area contributed by atoms with Crippen LogP contribution in [-0.4, -0.2) is 11.8 Å². The molecule has 0 saturated carbocycles.